The molecule has 0 fully saturated rings. The molecule has 0 saturated heterocycles. The molecule has 0 unspecified atom stereocenters. The van der Waals surface area contributed by atoms with Gasteiger partial charge in [-0.2, -0.15) is 14.9 Å². The van der Waals surface area contributed by atoms with Crippen LogP contribution in [-0.2, 0) is 0 Å². The smallest absolute Gasteiger partial charge is 0.216 e. The minimum atomic E-state index is -0.445. The number of aromatic amines is 1. The molecule has 0 aliphatic heterocycles. The molecule has 0 radical (unpaired) electrons. The number of thiophene rings is 1. The standard InChI is InChI=1S/C13H8ClFN4S2/c14-9-3-1-4-10(15)8(9)7-16-19-12(17-18-13(19)20)11-5-2-6-21-11/h1-7H,(H,18,20)/b16-7-. The molecule has 1 aromatic carbocycles. The molecule has 0 atom stereocenters. The van der Waals surface area contributed by atoms with E-state index in [2.05, 4.69) is 15.3 Å². The maximum absolute atomic E-state index is 13.7. The summed E-state index contributed by atoms with van der Waals surface area (Å²) < 4.78 is 15.5. The van der Waals surface area contributed by atoms with E-state index in [1.54, 1.807) is 6.07 Å². The number of benzene rings is 1. The van der Waals surface area contributed by atoms with Crippen molar-refractivity contribution in [2.45, 2.75) is 0 Å². The van der Waals surface area contributed by atoms with E-state index in [9.17, 15) is 4.39 Å². The number of halogens is 2. The zero-order valence-electron chi connectivity index (χ0n) is 10.5. The number of nitrogens with one attached hydrogen (secondary N) is 1. The van der Waals surface area contributed by atoms with Gasteiger partial charge < -0.3 is 0 Å². The molecule has 0 aliphatic carbocycles. The van der Waals surface area contributed by atoms with Crippen molar-refractivity contribution in [1.29, 1.82) is 0 Å². The monoisotopic (exact) mass is 338 g/mol. The lowest BCUT2D eigenvalue weighted by atomic mass is 10.2. The second kappa shape index (κ2) is 5.88. The van der Waals surface area contributed by atoms with Crippen molar-refractivity contribution in [3.8, 4) is 10.7 Å². The zero-order chi connectivity index (χ0) is 14.8. The highest BCUT2D eigenvalue weighted by Crippen LogP contribution is 2.23. The van der Waals surface area contributed by atoms with Crippen LogP contribution in [0.5, 0.6) is 0 Å². The highest BCUT2D eigenvalue weighted by Gasteiger charge is 2.09. The highest BCUT2D eigenvalue weighted by atomic mass is 35.5. The van der Waals surface area contributed by atoms with Gasteiger partial charge in [0.25, 0.3) is 0 Å². The molecule has 0 saturated carbocycles. The van der Waals surface area contributed by atoms with Crippen LogP contribution in [0.4, 0.5) is 4.39 Å². The number of H-pyrrole nitrogens is 1. The molecule has 0 bridgehead atoms. The second-order valence-electron chi connectivity index (χ2n) is 4.02. The minimum absolute atomic E-state index is 0.208. The van der Waals surface area contributed by atoms with Gasteiger partial charge in [0, 0.05) is 5.56 Å². The highest BCUT2D eigenvalue weighted by molar-refractivity contribution is 7.71. The van der Waals surface area contributed by atoms with Crippen LogP contribution in [0.2, 0.25) is 5.02 Å². The van der Waals surface area contributed by atoms with Crippen molar-refractivity contribution in [3.05, 3.63) is 56.9 Å². The zero-order valence-corrected chi connectivity index (χ0v) is 12.8. The summed E-state index contributed by atoms with van der Waals surface area (Å²) in [6.07, 6.45) is 1.33. The fourth-order valence-electron chi connectivity index (χ4n) is 1.71. The van der Waals surface area contributed by atoms with Gasteiger partial charge in [-0.05, 0) is 35.8 Å². The quantitative estimate of drug-likeness (QED) is 0.570. The molecular formula is C13H8ClFN4S2. The molecule has 4 nitrogen and oxygen atoms in total. The summed E-state index contributed by atoms with van der Waals surface area (Å²) in [5, 5.41) is 13.2. The second-order valence-corrected chi connectivity index (χ2v) is 5.76. The SMILES string of the molecule is Fc1cccc(Cl)c1/C=N\n1c(-c2cccs2)n[nH]c1=S. The summed E-state index contributed by atoms with van der Waals surface area (Å²) in [4.78, 5) is 0.902. The van der Waals surface area contributed by atoms with Crippen LogP contribution in [0.25, 0.3) is 10.7 Å². The van der Waals surface area contributed by atoms with Crippen molar-refractivity contribution < 1.29 is 4.39 Å². The predicted octanol–water partition coefficient (Wildman–Crippen LogP) is 4.34. The van der Waals surface area contributed by atoms with Gasteiger partial charge in [-0.15, -0.1) is 11.3 Å². The molecular weight excluding hydrogens is 331 g/mol. The van der Waals surface area contributed by atoms with Gasteiger partial charge in [-0.3, -0.25) is 0 Å². The number of hydrogen-bond acceptors (Lipinski definition) is 4. The van der Waals surface area contributed by atoms with Crippen molar-refractivity contribution in [1.82, 2.24) is 14.9 Å². The molecule has 2 heterocycles. The van der Waals surface area contributed by atoms with Crippen LogP contribution in [-0.4, -0.2) is 21.1 Å². The van der Waals surface area contributed by atoms with Gasteiger partial charge in [0.2, 0.25) is 4.77 Å². The van der Waals surface area contributed by atoms with Crippen LogP contribution in [0.1, 0.15) is 5.56 Å². The fraction of sp³-hybridized carbons (Fsp3) is 0. The van der Waals surface area contributed by atoms with Gasteiger partial charge >= 0.3 is 0 Å². The Balaban J connectivity index is 2.05. The molecule has 21 heavy (non-hydrogen) atoms. The van der Waals surface area contributed by atoms with Crippen molar-refractivity contribution in [3.63, 3.8) is 0 Å². The third kappa shape index (κ3) is 2.80. The van der Waals surface area contributed by atoms with Crippen LogP contribution in [0.3, 0.4) is 0 Å². The Bertz CT molecular complexity index is 831. The number of aromatic nitrogens is 3. The topological polar surface area (TPSA) is 46.0 Å². The summed E-state index contributed by atoms with van der Waals surface area (Å²) in [5.41, 5.74) is 0.208. The number of rotatable bonds is 3. The fourth-order valence-corrected chi connectivity index (χ4v) is 2.80. The van der Waals surface area contributed by atoms with Crippen molar-refractivity contribution in [2.75, 3.05) is 0 Å². The molecule has 1 N–H and O–H groups in total. The van der Waals surface area contributed by atoms with Gasteiger partial charge in [0.15, 0.2) is 5.82 Å². The molecule has 0 spiro atoms. The summed E-state index contributed by atoms with van der Waals surface area (Å²) in [7, 11) is 0. The van der Waals surface area contributed by atoms with Crippen LogP contribution < -0.4 is 0 Å². The van der Waals surface area contributed by atoms with Crippen molar-refractivity contribution >= 4 is 41.4 Å². The van der Waals surface area contributed by atoms with E-state index in [0.717, 1.165) is 4.88 Å². The van der Waals surface area contributed by atoms with Crippen LogP contribution >= 0.6 is 35.2 Å². The van der Waals surface area contributed by atoms with Gasteiger partial charge in [-0.25, -0.2) is 9.49 Å². The lowest BCUT2D eigenvalue weighted by Crippen LogP contribution is -1.96. The van der Waals surface area contributed by atoms with E-state index in [0.29, 0.717) is 10.6 Å². The summed E-state index contributed by atoms with van der Waals surface area (Å²) in [6, 6.07) is 8.26. The Labute approximate surface area is 133 Å². The van der Waals surface area contributed by atoms with E-state index in [1.165, 1.54) is 34.4 Å². The van der Waals surface area contributed by atoms with Gasteiger partial charge in [0.1, 0.15) is 5.82 Å². The lowest BCUT2D eigenvalue weighted by Gasteiger charge is -2.00. The number of hydrogen-bond donors (Lipinski definition) is 1. The van der Waals surface area contributed by atoms with E-state index in [1.807, 2.05) is 17.5 Å². The summed E-state index contributed by atoms with van der Waals surface area (Å²) in [5.74, 6) is 0.123. The van der Waals surface area contributed by atoms with Gasteiger partial charge in [0.05, 0.1) is 16.1 Å². The van der Waals surface area contributed by atoms with Crippen LogP contribution in [0, 0.1) is 10.6 Å². The summed E-state index contributed by atoms with van der Waals surface area (Å²) >= 11 is 12.6. The normalized spacial score (nSPS) is 11.3. The first-order chi connectivity index (χ1) is 10.2. The molecule has 3 rings (SSSR count). The molecule has 106 valence electrons. The predicted molar refractivity (Wildman–Crippen MR) is 85.1 cm³/mol. The lowest BCUT2D eigenvalue weighted by molar-refractivity contribution is 0.625. The summed E-state index contributed by atoms with van der Waals surface area (Å²) in [6.45, 7) is 0. The number of nitrogens with zero attached hydrogens (tertiary/aromatic N) is 3. The van der Waals surface area contributed by atoms with Crippen LogP contribution in [0.15, 0.2) is 40.8 Å². The Hall–Kier alpha value is -1.83. The molecule has 0 amide bonds. The Morgan fingerprint density at radius 2 is 2.24 bits per heavy atom. The average molecular weight is 339 g/mol. The third-order valence-electron chi connectivity index (χ3n) is 2.69. The first-order valence-corrected chi connectivity index (χ1v) is 7.53. The largest absolute Gasteiger partial charge is 0.250 e. The third-order valence-corrected chi connectivity index (χ3v) is 4.15. The van der Waals surface area contributed by atoms with E-state index in [-0.39, 0.29) is 10.6 Å². The Morgan fingerprint density at radius 3 is 2.95 bits per heavy atom. The van der Waals surface area contributed by atoms with E-state index < -0.39 is 5.82 Å². The Morgan fingerprint density at radius 1 is 1.38 bits per heavy atom. The first kappa shape index (κ1) is 14.1. The molecule has 3 aromatic rings. The Kier molecular flexibility index (Phi) is 3.96. The average Bonchev–Trinajstić information content (AvgIpc) is 3.08. The first-order valence-electron chi connectivity index (χ1n) is 5.86. The maximum atomic E-state index is 13.7. The van der Waals surface area contributed by atoms with Crippen molar-refractivity contribution in [2.24, 2.45) is 5.10 Å². The maximum Gasteiger partial charge on any atom is 0.216 e. The molecule has 8 heteroatoms. The van der Waals surface area contributed by atoms with E-state index >= 15 is 0 Å². The molecule has 0 aliphatic rings. The van der Waals surface area contributed by atoms with Gasteiger partial charge in [-0.1, -0.05) is 23.7 Å². The minimum Gasteiger partial charge on any atom is -0.250 e. The molecule has 2 aromatic heterocycles. The van der Waals surface area contributed by atoms with E-state index in [4.69, 9.17) is 23.8 Å².